The monoisotopic (exact) mass is 469 g/mol. The summed E-state index contributed by atoms with van der Waals surface area (Å²) in [5.74, 6) is -0.463. The van der Waals surface area contributed by atoms with E-state index in [9.17, 15) is 9.59 Å². The first-order valence-electron chi connectivity index (χ1n) is 10.8. The first-order chi connectivity index (χ1) is 16.2. The summed E-state index contributed by atoms with van der Waals surface area (Å²) in [5, 5.41) is 2.62. The second kappa shape index (κ2) is 21.4. The minimum atomic E-state index is -0.473. The zero-order valence-electron chi connectivity index (χ0n) is 19.0. The summed E-state index contributed by atoms with van der Waals surface area (Å²) < 4.78 is 36.6. The van der Waals surface area contributed by atoms with Crippen LogP contribution in [0.2, 0.25) is 0 Å². The molecule has 0 bridgehead atoms. The Morgan fingerprint density at radius 2 is 1.18 bits per heavy atom. The minimum absolute atomic E-state index is 0.194. The van der Waals surface area contributed by atoms with Gasteiger partial charge in [-0.3, -0.25) is 0 Å². The molecule has 0 atom stereocenters. The van der Waals surface area contributed by atoms with Gasteiger partial charge in [0.1, 0.15) is 13.2 Å². The van der Waals surface area contributed by atoms with E-state index < -0.39 is 12.1 Å². The Bertz CT molecular complexity index is 628. The van der Waals surface area contributed by atoms with E-state index in [-0.39, 0.29) is 13.2 Å². The molecule has 0 aromatic heterocycles. The third-order valence-electron chi connectivity index (χ3n) is 3.86. The van der Waals surface area contributed by atoms with Crippen LogP contribution in [-0.4, -0.2) is 91.3 Å². The molecule has 0 aliphatic carbocycles. The van der Waals surface area contributed by atoms with Crippen molar-refractivity contribution >= 4 is 12.1 Å². The third-order valence-corrected chi connectivity index (χ3v) is 3.86. The van der Waals surface area contributed by atoms with Gasteiger partial charge in [0.05, 0.1) is 66.1 Å². The van der Waals surface area contributed by atoms with Crippen LogP contribution in [-0.2, 0) is 44.6 Å². The van der Waals surface area contributed by atoms with Crippen LogP contribution in [0.3, 0.4) is 0 Å². The lowest BCUT2D eigenvalue weighted by Gasteiger charge is -2.09. The van der Waals surface area contributed by atoms with Crippen LogP contribution < -0.4 is 5.32 Å². The van der Waals surface area contributed by atoms with Crippen molar-refractivity contribution in [2.75, 3.05) is 79.2 Å². The van der Waals surface area contributed by atoms with E-state index in [0.717, 1.165) is 11.6 Å². The number of alkyl carbamates (subject to hydrolysis) is 1. The zero-order valence-corrected chi connectivity index (χ0v) is 19.0. The predicted molar refractivity (Wildman–Crippen MR) is 120 cm³/mol. The molecule has 0 aliphatic rings. The highest BCUT2D eigenvalue weighted by molar-refractivity contribution is 5.81. The van der Waals surface area contributed by atoms with Gasteiger partial charge in [-0.05, 0) is 5.56 Å². The average Bonchev–Trinajstić information content (AvgIpc) is 2.84. The standard InChI is InChI=1S/C23H35NO9/c1-2-22(25)32-19-18-31-17-16-30-15-14-29-13-12-28-11-10-27-9-8-24-23(26)33-20-21-6-4-3-5-7-21/h2-7H,1,8-20H2,(H,24,26). The van der Waals surface area contributed by atoms with Crippen LogP contribution in [0.5, 0.6) is 0 Å². The van der Waals surface area contributed by atoms with Gasteiger partial charge in [-0.15, -0.1) is 0 Å². The number of nitrogens with one attached hydrogen (secondary N) is 1. The van der Waals surface area contributed by atoms with Crippen LogP contribution in [0.4, 0.5) is 4.79 Å². The number of carbonyl (C=O) groups excluding carboxylic acids is 2. The van der Waals surface area contributed by atoms with Crippen LogP contribution in [0.15, 0.2) is 43.0 Å². The highest BCUT2D eigenvalue weighted by atomic mass is 16.6. The van der Waals surface area contributed by atoms with Crippen molar-refractivity contribution in [1.82, 2.24) is 5.32 Å². The van der Waals surface area contributed by atoms with Gasteiger partial charge in [-0.2, -0.15) is 0 Å². The molecular formula is C23H35NO9. The first kappa shape index (κ1) is 28.5. The Balaban J connectivity index is 1.72. The Morgan fingerprint density at radius 1 is 0.697 bits per heavy atom. The van der Waals surface area contributed by atoms with Crippen LogP contribution >= 0.6 is 0 Å². The molecule has 0 aliphatic heterocycles. The first-order valence-corrected chi connectivity index (χ1v) is 10.8. The summed E-state index contributed by atoms with van der Waals surface area (Å²) in [6.45, 7) is 8.35. The zero-order chi connectivity index (χ0) is 23.8. The van der Waals surface area contributed by atoms with Gasteiger partial charge in [0.25, 0.3) is 0 Å². The number of benzene rings is 1. The van der Waals surface area contributed by atoms with E-state index in [1.807, 2.05) is 30.3 Å². The van der Waals surface area contributed by atoms with E-state index in [1.54, 1.807) is 0 Å². The SMILES string of the molecule is C=CC(=O)OCCOCCOCCOCCOCCOCCNC(=O)OCc1ccccc1. The van der Waals surface area contributed by atoms with Crippen molar-refractivity contribution < 1.29 is 42.7 Å². The molecule has 10 heteroatoms. The molecule has 1 N–H and O–H groups in total. The highest BCUT2D eigenvalue weighted by Crippen LogP contribution is 2.00. The minimum Gasteiger partial charge on any atom is -0.460 e. The number of hydrogen-bond acceptors (Lipinski definition) is 9. The molecule has 0 heterocycles. The van der Waals surface area contributed by atoms with Gasteiger partial charge < -0.3 is 38.5 Å². The molecule has 0 fully saturated rings. The predicted octanol–water partition coefficient (Wildman–Crippen LogP) is 1.73. The van der Waals surface area contributed by atoms with Gasteiger partial charge in [-0.1, -0.05) is 36.9 Å². The maximum Gasteiger partial charge on any atom is 0.407 e. The van der Waals surface area contributed by atoms with Gasteiger partial charge in [0, 0.05) is 12.6 Å². The molecule has 1 rings (SSSR count). The molecule has 1 aromatic carbocycles. The van der Waals surface area contributed by atoms with Gasteiger partial charge in [0.15, 0.2) is 0 Å². The fourth-order valence-corrected chi connectivity index (χ4v) is 2.24. The number of carbonyl (C=O) groups is 2. The number of amides is 1. The number of hydrogen-bond donors (Lipinski definition) is 1. The van der Waals surface area contributed by atoms with Crippen LogP contribution in [0.25, 0.3) is 0 Å². The smallest absolute Gasteiger partial charge is 0.407 e. The van der Waals surface area contributed by atoms with Gasteiger partial charge in [0.2, 0.25) is 0 Å². The Morgan fingerprint density at radius 3 is 1.70 bits per heavy atom. The molecule has 0 unspecified atom stereocenters. The molecule has 10 nitrogen and oxygen atoms in total. The third kappa shape index (κ3) is 18.7. The maximum absolute atomic E-state index is 11.6. The maximum atomic E-state index is 11.6. The Kier molecular flexibility index (Phi) is 18.5. The fourth-order valence-electron chi connectivity index (χ4n) is 2.24. The summed E-state index contributed by atoms with van der Waals surface area (Å²) in [7, 11) is 0. The number of esters is 1. The van der Waals surface area contributed by atoms with Crippen LogP contribution in [0.1, 0.15) is 5.56 Å². The van der Waals surface area contributed by atoms with E-state index >= 15 is 0 Å². The van der Waals surface area contributed by atoms with E-state index in [0.29, 0.717) is 72.6 Å². The molecule has 0 saturated heterocycles. The normalized spacial score (nSPS) is 10.5. The van der Waals surface area contributed by atoms with Crippen molar-refractivity contribution in [2.45, 2.75) is 6.61 Å². The lowest BCUT2D eigenvalue weighted by atomic mass is 10.2. The molecule has 0 radical (unpaired) electrons. The summed E-state index contributed by atoms with van der Waals surface area (Å²) in [5.41, 5.74) is 0.935. The Labute approximate surface area is 195 Å². The second-order valence-corrected chi connectivity index (χ2v) is 6.42. The van der Waals surface area contributed by atoms with Crippen molar-refractivity contribution in [3.8, 4) is 0 Å². The quantitative estimate of drug-likeness (QED) is 0.163. The fraction of sp³-hybridized carbons (Fsp3) is 0.565. The Hall–Kier alpha value is -2.50. The summed E-state index contributed by atoms with van der Waals surface area (Å²) >= 11 is 0. The van der Waals surface area contributed by atoms with E-state index in [2.05, 4.69) is 11.9 Å². The lowest BCUT2D eigenvalue weighted by Crippen LogP contribution is -2.28. The van der Waals surface area contributed by atoms with Gasteiger partial charge in [-0.25, -0.2) is 9.59 Å². The second-order valence-electron chi connectivity index (χ2n) is 6.42. The highest BCUT2D eigenvalue weighted by Gasteiger charge is 2.01. The molecule has 186 valence electrons. The van der Waals surface area contributed by atoms with E-state index in [4.69, 9.17) is 33.2 Å². The van der Waals surface area contributed by atoms with Crippen molar-refractivity contribution in [2.24, 2.45) is 0 Å². The number of rotatable bonds is 21. The van der Waals surface area contributed by atoms with Crippen LogP contribution in [0, 0.1) is 0 Å². The van der Waals surface area contributed by atoms with E-state index in [1.165, 1.54) is 0 Å². The average molecular weight is 470 g/mol. The largest absolute Gasteiger partial charge is 0.460 e. The molecule has 0 spiro atoms. The summed E-state index contributed by atoms with van der Waals surface area (Å²) in [6, 6.07) is 9.48. The molecule has 1 amide bonds. The molecular weight excluding hydrogens is 434 g/mol. The topological polar surface area (TPSA) is 111 Å². The van der Waals surface area contributed by atoms with Gasteiger partial charge >= 0.3 is 12.1 Å². The van der Waals surface area contributed by atoms with Crippen molar-refractivity contribution in [3.63, 3.8) is 0 Å². The molecule has 0 saturated carbocycles. The van der Waals surface area contributed by atoms with Crippen molar-refractivity contribution in [3.05, 3.63) is 48.6 Å². The number of ether oxygens (including phenoxy) is 7. The summed E-state index contributed by atoms with van der Waals surface area (Å²) in [6.07, 6.45) is 0.635. The molecule has 1 aromatic rings. The molecule has 33 heavy (non-hydrogen) atoms. The summed E-state index contributed by atoms with van der Waals surface area (Å²) in [4.78, 5) is 22.4. The lowest BCUT2D eigenvalue weighted by molar-refractivity contribution is -0.139. The van der Waals surface area contributed by atoms with Crippen molar-refractivity contribution in [1.29, 1.82) is 0 Å².